The second-order valence-electron chi connectivity index (χ2n) is 5.11. The predicted molar refractivity (Wildman–Crippen MR) is 79.5 cm³/mol. The summed E-state index contributed by atoms with van der Waals surface area (Å²) < 4.78 is 11.5. The fourth-order valence-corrected chi connectivity index (χ4v) is 2.40. The summed E-state index contributed by atoms with van der Waals surface area (Å²) in [6.45, 7) is 5.38. The average molecular weight is 260 g/mol. The van der Waals surface area contributed by atoms with Gasteiger partial charge >= 0.3 is 0 Å². The Bertz CT molecular complexity index is 363. The largest absolute Gasteiger partial charge is 0.494 e. The van der Waals surface area contributed by atoms with Crippen LogP contribution in [-0.4, -0.2) is 19.3 Å². The molecule has 0 unspecified atom stereocenters. The van der Waals surface area contributed by atoms with Crippen LogP contribution in [0.4, 0.5) is 0 Å². The summed E-state index contributed by atoms with van der Waals surface area (Å²) in [5.74, 6) is 0.933. The summed E-state index contributed by atoms with van der Waals surface area (Å²) in [6.07, 6.45) is 9.70. The Morgan fingerprint density at radius 3 is 2.42 bits per heavy atom. The topological polar surface area (TPSA) is 18.5 Å². The van der Waals surface area contributed by atoms with Gasteiger partial charge in [-0.25, -0.2) is 0 Å². The van der Waals surface area contributed by atoms with Gasteiger partial charge in [-0.15, -0.1) is 0 Å². The number of hydrogen-bond acceptors (Lipinski definition) is 2. The van der Waals surface area contributed by atoms with Gasteiger partial charge in [0, 0.05) is 6.61 Å². The summed E-state index contributed by atoms with van der Waals surface area (Å²) >= 11 is 0. The molecule has 0 radical (unpaired) electrons. The first-order chi connectivity index (χ1) is 9.38. The molecule has 0 spiro atoms. The van der Waals surface area contributed by atoms with Gasteiger partial charge in [-0.1, -0.05) is 37.6 Å². The first-order valence-corrected chi connectivity index (χ1v) is 7.35. The van der Waals surface area contributed by atoms with E-state index in [1.807, 2.05) is 30.3 Å². The Hall–Kier alpha value is -1.28. The van der Waals surface area contributed by atoms with E-state index in [0.717, 1.165) is 37.4 Å². The number of rotatable bonds is 8. The SMILES string of the molecule is C=Cc1ccc(OCCCCOC2CCCC2)cc1. The zero-order valence-corrected chi connectivity index (χ0v) is 11.6. The summed E-state index contributed by atoms with van der Waals surface area (Å²) in [4.78, 5) is 0. The Balaban J connectivity index is 1.52. The molecule has 2 nitrogen and oxygen atoms in total. The molecule has 0 amide bonds. The van der Waals surface area contributed by atoms with Crippen molar-refractivity contribution < 1.29 is 9.47 Å². The van der Waals surface area contributed by atoms with Crippen molar-refractivity contribution in [3.63, 3.8) is 0 Å². The molecule has 0 aliphatic heterocycles. The van der Waals surface area contributed by atoms with Crippen LogP contribution in [0.5, 0.6) is 5.75 Å². The highest BCUT2D eigenvalue weighted by Crippen LogP contribution is 2.21. The van der Waals surface area contributed by atoms with Gasteiger partial charge in [0.05, 0.1) is 12.7 Å². The molecular weight excluding hydrogens is 236 g/mol. The second-order valence-corrected chi connectivity index (χ2v) is 5.11. The van der Waals surface area contributed by atoms with E-state index >= 15 is 0 Å². The zero-order valence-electron chi connectivity index (χ0n) is 11.6. The van der Waals surface area contributed by atoms with Crippen LogP contribution < -0.4 is 4.74 Å². The second kappa shape index (κ2) is 8.00. The maximum absolute atomic E-state index is 5.82. The van der Waals surface area contributed by atoms with Crippen molar-refractivity contribution in [1.82, 2.24) is 0 Å². The molecule has 1 aromatic rings. The first-order valence-electron chi connectivity index (χ1n) is 7.35. The molecule has 104 valence electrons. The van der Waals surface area contributed by atoms with E-state index in [1.54, 1.807) is 0 Å². The third-order valence-corrected chi connectivity index (χ3v) is 3.58. The number of benzene rings is 1. The zero-order chi connectivity index (χ0) is 13.3. The summed E-state index contributed by atoms with van der Waals surface area (Å²) in [6, 6.07) is 8.02. The van der Waals surface area contributed by atoms with Crippen molar-refractivity contribution in [3.05, 3.63) is 36.4 Å². The molecule has 0 aromatic heterocycles. The molecule has 0 N–H and O–H groups in total. The van der Waals surface area contributed by atoms with E-state index in [2.05, 4.69) is 6.58 Å². The Kier molecular flexibility index (Phi) is 5.96. The van der Waals surface area contributed by atoms with Gasteiger partial charge in [-0.05, 0) is 43.4 Å². The summed E-state index contributed by atoms with van der Waals surface area (Å²) in [5.41, 5.74) is 1.12. The van der Waals surface area contributed by atoms with Crippen LogP contribution in [0.25, 0.3) is 6.08 Å². The molecule has 0 saturated heterocycles. The van der Waals surface area contributed by atoms with Crippen molar-refractivity contribution in [1.29, 1.82) is 0 Å². The van der Waals surface area contributed by atoms with E-state index in [-0.39, 0.29) is 0 Å². The van der Waals surface area contributed by atoms with Gasteiger partial charge in [0.15, 0.2) is 0 Å². The number of unbranched alkanes of at least 4 members (excludes halogenated alkanes) is 1. The molecule has 1 fully saturated rings. The lowest BCUT2D eigenvalue weighted by Gasteiger charge is -2.11. The average Bonchev–Trinajstić information content (AvgIpc) is 2.96. The smallest absolute Gasteiger partial charge is 0.119 e. The van der Waals surface area contributed by atoms with E-state index in [0.29, 0.717) is 6.10 Å². The fraction of sp³-hybridized carbons (Fsp3) is 0.529. The van der Waals surface area contributed by atoms with Crippen molar-refractivity contribution in [2.75, 3.05) is 13.2 Å². The van der Waals surface area contributed by atoms with E-state index in [9.17, 15) is 0 Å². The Labute approximate surface area is 116 Å². The summed E-state index contributed by atoms with van der Waals surface area (Å²) in [5, 5.41) is 0. The number of ether oxygens (including phenoxy) is 2. The van der Waals surface area contributed by atoms with E-state index < -0.39 is 0 Å². The maximum Gasteiger partial charge on any atom is 0.119 e. The summed E-state index contributed by atoms with van der Waals surface area (Å²) in [7, 11) is 0. The van der Waals surface area contributed by atoms with Crippen LogP contribution in [0.3, 0.4) is 0 Å². The van der Waals surface area contributed by atoms with E-state index in [1.165, 1.54) is 25.7 Å². The molecule has 1 aromatic carbocycles. The molecule has 2 heteroatoms. The Morgan fingerprint density at radius 2 is 1.74 bits per heavy atom. The highest BCUT2D eigenvalue weighted by Gasteiger charge is 2.14. The van der Waals surface area contributed by atoms with Crippen molar-refractivity contribution in [2.45, 2.75) is 44.6 Å². The van der Waals surface area contributed by atoms with Crippen molar-refractivity contribution in [3.8, 4) is 5.75 Å². The van der Waals surface area contributed by atoms with Gasteiger partial charge in [0.2, 0.25) is 0 Å². The Morgan fingerprint density at radius 1 is 1.05 bits per heavy atom. The number of hydrogen-bond donors (Lipinski definition) is 0. The lowest BCUT2D eigenvalue weighted by atomic mass is 10.2. The van der Waals surface area contributed by atoms with Crippen LogP contribution >= 0.6 is 0 Å². The predicted octanol–water partition coefficient (Wildman–Crippen LogP) is 4.45. The molecule has 1 aliphatic carbocycles. The van der Waals surface area contributed by atoms with Crippen LogP contribution in [0, 0.1) is 0 Å². The molecular formula is C17H24O2. The normalized spacial score (nSPS) is 15.6. The lowest BCUT2D eigenvalue weighted by molar-refractivity contribution is 0.0542. The van der Waals surface area contributed by atoms with Crippen molar-refractivity contribution >= 4 is 6.08 Å². The molecule has 1 saturated carbocycles. The minimum absolute atomic E-state index is 0.535. The van der Waals surface area contributed by atoms with Gasteiger partial charge in [0.1, 0.15) is 5.75 Å². The third kappa shape index (κ3) is 5.07. The minimum atomic E-state index is 0.535. The molecule has 1 aliphatic rings. The van der Waals surface area contributed by atoms with Crippen molar-refractivity contribution in [2.24, 2.45) is 0 Å². The first kappa shape index (κ1) is 14.1. The molecule has 0 atom stereocenters. The van der Waals surface area contributed by atoms with Crippen LogP contribution in [0.2, 0.25) is 0 Å². The van der Waals surface area contributed by atoms with E-state index in [4.69, 9.17) is 9.47 Å². The highest BCUT2D eigenvalue weighted by molar-refractivity contribution is 5.48. The van der Waals surface area contributed by atoms with Crippen LogP contribution in [0.15, 0.2) is 30.8 Å². The molecule has 0 bridgehead atoms. The van der Waals surface area contributed by atoms with Gasteiger partial charge in [-0.3, -0.25) is 0 Å². The quantitative estimate of drug-likeness (QED) is 0.643. The molecule has 0 heterocycles. The standard InChI is InChI=1S/C17H24O2/c1-2-15-9-11-17(12-10-15)19-14-6-5-13-18-16-7-3-4-8-16/h2,9-12,16H,1,3-8,13-14H2. The monoisotopic (exact) mass is 260 g/mol. The highest BCUT2D eigenvalue weighted by atomic mass is 16.5. The molecule has 19 heavy (non-hydrogen) atoms. The third-order valence-electron chi connectivity index (χ3n) is 3.58. The lowest BCUT2D eigenvalue weighted by Crippen LogP contribution is -2.09. The maximum atomic E-state index is 5.82. The van der Waals surface area contributed by atoms with Crippen LogP contribution in [-0.2, 0) is 4.74 Å². The van der Waals surface area contributed by atoms with Gasteiger partial charge < -0.3 is 9.47 Å². The van der Waals surface area contributed by atoms with Gasteiger partial charge in [0.25, 0.3) is 0 Å². The fourth-order valence-electron chi connectivity index (χ4n) is 2.40. The van der Waals surface area contributed by atoms with Gasteiger partial charge in [-0.2, -0.15) is 0 Å². The molecule has 2 rings (SSSR count). The van der Waals surface area contributed by atoms with Crippen LogP contribution in [0.1, 0.15) is 44.1 Å². The minimum Gasteiger partial charge on any atom is -0.494 e.